The number of likely N-dealkylation sites (tertiary alicyclic amines) is 1. The summed E-state index contributed by atoms with van der Waals surface area (Å²) in [5.74, 6) is 1.62. The number of nitrogens with zero attached hydrogens (tertiary/aromatic N) is 2. The molecule has 4 rings (SSSR count). The number of hydrogen-bond donors (Lipinski definition) is 1. The average molecular weight is 518 g/mol. The number of carbonyl (C=O) groups excluding carboxylic acids is 3. The van der Waals surface area contributed by atoms with Crippen LogP contribution >= 0.6 is 0 Å². The number of ether oxygens (including phenoxy) is 2. The van der Waals surface area contributed by atoms with E-state index in [0.717, 1.165) is 35.1 Å². The second-order valence-corrected chi connectivity index (χ2v) is 9.83. The van der Waals surface area contributed by atoms with Crippen molar-refractivity contribution in [2.75, 3.05) is 33.4 Å². The summed E-state index contributed by atoms with van der Waals surface area (Å²) in [6, 6.07) is 14.4. The summed E-state index contributed by atoms with van der Waals surface area (Å²) >= 11 is 0. The SMILES string of the molecule is C#CCO[C@H](C)[C@H](NC(=O)[C@H](C)N(C)C(=O)OCC1c2ccccc2-c2ccccc21)C(=O)N1CCCC1. The van der Waals surface area contributed by atoms with Crippen molar-refractivity contribution in [3.63, 3.8) is 0 Å². The summed E-state index contributed by atoms with van der Waals surface area (Å²) in [7, 11) is 1.51. The third-order valence-corrected chi connectivity index (χ3v) is 7.46. The van der Waals surface area contributed by atoms with Crippen LogP contribution in [0.1, 0.15) is 43.7 Å². The molecule has 1 N–H and O–H groups in total. The summed E-state index contributed by atoms with van der Waals surface area (Å²) in [6.45, 7) is 4.76. The Bertz CT molecular complexity index is 1170. The van der Waals surface area contributed by atoms with Gasteiger partial charge in [-0.25, -0.2) is 4.79 Å². The average Bonchev–Trinajstić information content (AvgIpc) is 3.59. The van der Waals surface area contributed by atoms with E-state index in [0.29, 0.717) is 13.1 Å². The number of fused-ring (bicyclic) bond motifs is 3. The molecule has 2 aromatic rings. The molecule has 1 heterocycles. The second-order valence-electron chi connectivity index (χ2n) is 9.83. The molecule has 200 valence electrons. The molecule has 0 spiro atoms. The molecule has 1 saturated heterocycles. The Morgan fingerprint density at radius 2 is 1.63 bits per heavy atom. The van der Waals surface area contributed by atoms with Crippen molar-refractivity contribution in [1.82, 2.24) is 15.1 Å². The minimum atomic E-state index is -0.910. The second kappa shape index (κ2) is 12.1. The van der Waals surface area contributed by atoms with Crippen LogP contribution in [-0.2, 0) is 19.1 Å². The van der Waals surface area contributed by atoms with E-state index in [1.54, 1.807) is 18.7 Å². The number of terminal acetylenes is 1. The molecule has 0 aromatic heterocycles. The summed E-state index contributed by atoms with van der Waals surface area (Å²) < 4.78 is 11.3. The van der Waals surface area contributed by atoms with E-state index in [-0.39, 0.29) is 25.0 Å². The van der Waals surface area contributed by atoms with E-state index in [1.165, 1.54) is 11.9 Å². The summed E-state index contributed by atoms with van der Waals surface area (Å²) in [5.41, 5.74) is 4.50. The number of hydrogen-bond acceptors (Lipinski definition) is 5. The highest BCUT2D eigenvalue weighted by atomic mass is 16.6. The maximum Gasteiger partial charge on any atom is 0.410 e. The van der Waals surface area contributed by atoms with Gasteiger partial charge in [-0.2, -0.15) is 0 Å². The minimum absolute atomic E-state index is 0.0238. The zero-order chi connectivity index (χ0) is 27.2. The van der Waals surface area contributed by atoms with Gasteiger partial charge in [0.15, 0.2) is 0 Å². The highest BCUT2D eigenvalue weighted by molar-refractivity contribution is 5.91. The van der Waals surface area contributed by atoms with Gasteiger partial charge in [0.25, 0.3) is 0 Å². The fraction of sp³-hybridized carbons (Fsp3) is 0.433. The normalized spacial score (nSPS) is 16.5. The van der Waals surface area contributed by atoms with Gasteiger partial charge < -0.3 is 19.7 Å². The first-order chi connectivity index (χ1) is 18.3. The Kier molecular flexibility index (Phi) is 8.70. The van der Waals surface area contributed by atoms with E-state index >= 15 is 0 Å². The fourth-order valence-corrected chi connectivity index (χ4v) is 5.09. The van der Waals surface area contributed by atoms with Crippen LogP contribution in [0.5, 0.6) is 0 Å². The third kappa shape index (κ3) is 5.68. The zero-order valence-electron chi connectivity index (χ0n) is 22.2. The van der Waals surface area contributed by atoms with Crippen molar-refractivity contribution in [3.8, 4) is 23.5 Å². The molecule has 0 bridgehead atoms. The Hall–Kier alpha value is -3.83. The molecule has 1 fully saturated rings. The monoisotopic (exact) mass is 517 g/mol. The molecule has 1 aliphatic heterocycles. The van der Waals surface area contributed by atoms with Crippen LogP contribution in [0.2, 0.25) is 0 Å². The first-order valence-electron chi connectivity index (χ1n) is 13.1. The highest BCUT2D eigenvalue weighted by Crippen LogP contribution is 2.44. The molecule has 1 aliphatic carbocycles. The zero-order valence-corrected chi connectivity index (χ0v) is 22.2. The number of benzene rings is 2. The lowest BCUT2D eigenvalue weighted by atomic mass is 9.98. The van der Waals surface area contributed by atoms with Crippen molar-refractivity contribution >= 4 is 17.9 Å². The van der Waals surface area contributed by atoms with Gasteiger partial charge in [0.2, 0.25) is 11.8 Å². The number of likely N-dealkylation sites (N-methyl/N-ethyl adjacent to an activating group) is 1. The number of carbonyl (C=O) groups is 3. The van der Waals surface area contributed by atoms with E-state index < -0.39 is 30.2 Å². The lowest BCUT2D eigenvalue weighted by molar-refractivity contribution is -0.140. The molecule has 8 nitrogen and oxygen atoms in total. The maximum absolute atomic E-state index is 13.2. The van der Waals surface area contributed by atoms with Gasteiger partial charge >= 0.3 is 6.09 Å². The first-order valence-corrected chi connectivity index (χ1v) is 13.1. The Morgan fingerprint density at radius 1 is 1.05 bits per heavy atom. The fourth-order valence-electron chi connectivity index (χ4n) is 5.09. The molecular formula is C30H35N3O5. The van der Waals surface area contributed by atoms with E-state index in [1.807, 2.05) is 24.3 Å². The molecular weight excluding hydrogens is 482 g/mol. The number of rotatable bonds is 9. The quantitative estimate of drug-likeness (QED) is 0.515. The van der Waals surface area contributed by atoms with E-state index in [4.69, 9.17) is 15.9 Å². The van der Waals surface area contributed by atoms with Crippen LogP contribution in [0, 0.1) is 12.3 Å². The standard InChI is InChI=1S/C30H35N3O5/c1-5-18-37-21(3)27(29(35)33-16-10-11-17-33)31-28(34)20(2)32(4)30(36)38-19-26-24-14-8-6-12-22(24)23-13-7-9-15-25(23)26/h1,6-9,12-15,20-21,26-27H,10-11,16-19H2,2-4H3,(H,31,34)/t20-,21+,27-/m0/s1. The van der Waals surface area contributed by atoms with E-state index in [9.17, 15) is 14.4 Å². The number of nitrogens with one attached hydrogen (secondary N) is 1. The molecule has 0 unspecified atom stereocenters. The van der Waals surface area contributed by atoms with Crippen LogP contribution in [0.15, 0.2) is 48.5 Å². The van der Waals surface area contributed by atoms with Crippen LogP contribution in [0.3, 0.4) is 0 Å². The van der Waals surface area contributed by atoms with Crippen molar-refractivity contribution in [2.45, 2.75) is 50.8 Å². The smallest absolute Gasteiger partial charge is 0.410 e. The van der Waals surface area contributed by atoms with Crippen molar-refractivity contribution in [1.29, 1.82) is 0 Å². The van der Waals surface area contributed by atoms with Gasteiger partial charge in [-0.15, -0.1) is 6.42 Å². The molecule has 0 radical (unpaired) electrons. The Morgan fingerprint density at radius 3 is 2.21 bits per heavy atom. The first kappa shape index (κ1) is 27.2. The predicted octanol–water partition coefficient (Wildman–Crippen LogP) is 3.40. The van der Waals surface area contributed by atoms with Gasteiger partial charge in [0.05, 0.1) is 6.10 Å². The summed E-state index contributed by atoms with van der Waals surface area (Å²) in [5, 5.41) is 2.79. The summed E-state index contributed by atoms with van der Waals surface area (Å²) in [4.78, 5) is 42.2. The Labute approximate surface area is 224 Å². The van der Waals surface area contributed by atoms with Crippen LogP contribution in [-0.4, -0.2) is 79.2 Å². The van der Waals surface area contributed by atoms with Crippen molar-refractivity contribution < 1.29 is 23.9 Å². The van der Waals surface area contributed by atoms with Crippen LogP contribution in [0.25, 0.3) is 11.1 Å². The van der Waals surface area contributed by atoms with Gasteiger partial charge in [-0.1, -0.05) is 54.5 Å². The molecule has 8 heteroatoms. The molecule has 3 atom stereocenters. The summed E-state index contributed by atoms with van der Waals surface area (Å²) in [6.07, 6.45) is 5.91. The lowest BCUT2D eigenvalue weighted by Crippen LogP contribution is -2.57. The van der Waals surface area contributed by atoms with Gasteiger partial charge in [0, 0.05) is 26.1 Å². The Balaban J connectivity index is 1.39. The van der Waals surface area contributed by atoms with Gasteiger partial charge in [-0.05, 0) is 48.9 Å². The topological polar surface area (TPSA) is 88.2 Å². The van der Waals surface area contributed by atoms with Crippen molar-refractivity contribution in [2.24, 2.45) is 0 Å². The molecule has 2 aromatic carbocycles. The molecule has 38 heavy (non-hydrogen) atoms. The maximum atomic E-state index is 13.2. The minimum Gasteiger partial charge on any atom is -0.448 e. The molecule has 3 amide bonds. The van der Waals surface area contributed by atoms with Gasteiger partial charge in [0.1, 0.15) is 25.3 Å². The molecule has 0 saturated carbocycles. The van der Waals surface area contributed by atoms with Gasteiger partial charge in [-0.3, -0.25) is 14.5 Å². The number of amides is 3. The van der Waals surface area contributed by atoms with Crippen LogP contribution < -0.4 is 5.32 Å². The predicted molar refractivity (Wildman–Crippen MR) is 144 cm³/mol. The van der Waals surface area contributed by atoms with Crippen molar-refractivity contribution in [3.05, 3.63) is 59.7 Å². The largest absolute Gasteiger partial charge is 0.448 e. The highest BCUT2D eigenvalue weighted by Gasteiger charge is 2.35. The lowest BCUT2D eigenvalue weighted by Gasteiger charge is -2.30. The van der Waals surface area contributed by atoms with E-state index in [2.05, 4.69) is 35.5 Å². The van der Waals surface area contributed by atoms with Crippen LogP contribution in [0.4, 0.5) is 4.79 Å². The molecule has 2 aliphatic rings. The third-order valence-electron chi connectivity index (χ3n) is 7.46.